The van der Waals surface area contributed by atoms with Crippen LogP contribution >= 0.6 is 7.82 Å². The number of aliphatic hydroxyl groups excluding tert-OH is 1. The second kappa shape index (κ2) is 57.3. The summed E-state index contributed by atoms with van der Waals surface area (Å²) < 4.78 is 39.5. The number of carbonyl (C=O) groups is 3. The fourth-order valence-corrected chi connectivity index (χ4v) is 8.48. The summed E-state index contributed by atoms with van der Waals surface area (Å²) >= 11 is 0. The zero-order valence-electron chi connectivity index (χ0n) is 47.9. The molecular weight excluding hydrogens is 976 g/mol. The number of carbonyl (C=O) groups excluding carboxylic acids is 3. The monoisotopic (exact) mass is 1080 g/mol. The topological polar surface area (TPSA) is 155 Å². The number of aliphatic hydroxyl groups is 1. The molecule has 0 rings (SSSR count). The first-order chi connectivity index (χ1) is 37.2. The highest BCUT2D eigenvalue weighted by Gasteiger charge is 2.28. The van der Waals surface area contributed by atoms with E-state index in [1.54, 1.807) is 0 Å². The van der Waals surface area contributed by atoms with Crippen LogP contribution in [0.4, 0.5) is 0 Å². The molecule has 76 heavy (non-hydrogen) atoms. The molecule has 0 amide bonds. The minimum Gasteiger partial charge on any atom is -0.462 e. The third-order valence-electron chi connectivity index (χ3n) is 12.2. The zero-order valence-corrected chi connectivity index (χ0v) is 48.8. The molecule has 0 aromatic carbocycles. The minimum atomic E-state index is -4.78. The first kappa shape index (κ1) is 72.1. The van der Waals surface area contributed by atoms with Crippen LogP contribution < -0.4 is 0 Å². The summed E-state index contributed by atoms with van der Waals surface area (Å²) in [4.78, 5) is 48.6. The highest BCUT2D eigenvalue weighted by atomic mass is 31.2. The number of allylic oxidation sites excluding steroid dienone is 18. The number of phosphoric ester groups is 1. The summed E-state index contributed by atoms with van der Waals surface area (Å²) in [6.07, 6.45) is 69.1. The molecule has 0 radical (unpaired) electrons. The molecule has 3 atom stereocenters. The van der Waals surface area contributed by atoms with Gasteiger partial charge in [0.15, 0.2) is 6.10 Å². The molecule has 0 saturated heterocycles. The minimum absolute atomic E-state index is 0.0826. The Balaban J connectivity index is 4.83. The van der Waals surface area contributed by atoms with Crippen LogP contribution in [-0.4, -0.2) is 66.5 Å². The summed E-state index contributed by atoms with van der Waals surface area (Å²) in [5.41, 5.74) is 0. The van der Waals surface area contributed by atoms with Gasteiger partial charge >= 0.3 is 25.7 Å². The number of ether oxygens (including phenoxy) is 3. The number of unbranched alkanes of at least 4 members (excludes halogenated alkanes) is 19. The highest BCUT2D eigenvalue weighted by molar-refractivity contribution is 7.47. The van der Waals surface area contributed by atoms with Crippen LogP contribution in [0.1, 0.15) is 239 Å². The lowest BCUT2D eigenvalue weighted by Gasteiger charge is -2.21. The quantitative estimate of drug-likeness (QED) is 0.0197. The summed E-state index contributed by atoms with van der Waals surface area (Å²) in [5.74, 6) is -1.56. The number of rotatable bonds is 54. The third-order valence-corrected chi connectivity index (χ3v) is 13.1. The van der Waals surface area contributed by atoms with Crippen molar-refractivity contribution >= 4 is 25.7 Å². The van der Waals surface area contributed by atoms with Crippen LogP contribution in [0.15, 0.2) is 109 Å². The lowest BCUT2D eigenvalue weighted by molar-refractivity contribution is -0.161. The fourth-order valence-electron chi connectivity index (χ4n) is 7.69. The predicted molar refractivity (Wildman–Crippen MR) is 316 cm³/mol. The van der Waals surface area contributed by atoms with Crippen LogP contribution in [0.2, 0.25) is 0 Å². The molecule has 0 saturated carbocycles. The largest absolute Gasteiger partial charge is 0.472 e. The van der Waals surface area contributed by atoms with E-state index in [0.717, 1.165) is 109 Å². The standard InChI is InChI=1S/C64H107O11P/c1-4-7-10-13-16-19-22-25-28-30-33-35-38-41-44-47-50-53-62(66)71-57-61(75-64(68)55-52-49-46-43-40-37-34-31-29-26-23-20-17-14-11-8-5-2)59-73-76(69,70)72-58-60(56-65)74-63(67)54-51-48-45-42-39-36-32-27-24-21-18-15-12-9-6-3/h8-9,11-12,17-18,20-21,25-29,32,34,37,43,46,60-61,65H,4-7,10,13-16,19,22-24,30-31,33,35-36,38-42,44-45,47-59H2,1-3H3,(H,69,70)/b11-8-,12-9-,20-17-,21-18-,28-25-,29-26-,32-27-,37-34-,46-43-. The van der Waals surface area contributed by atoms with Crippen molar-refractivity contribution in [2.45, 2.75) is 251 Å². The summed E-state index contributed by atoms with van der Waals surface area (Å²) in [7, 11) is -4.78. The van der Waals surface area contributed by atoms with E-state index in [-0.39, 0.29) is 25.9 Å². The molecule has 0 heterocycles. The van der Waals surface area contributed by atoms with Gasteiger partial charge in [0.05, 0.1) is 19.8 Å². The summed E-state index contributed by atoms with van der Waals surface area (Å²) in [5, 5.41) is 9.82. The Labute approximate surface area is 463 Å². The Kier molecular flexibility index (Phi) is 54.4. The van der Waals surface area contributed by atoms with Crippen LogP contribution in [0.5, 0.6) is 0 Å². The van der Waals surface area contributed by atoms with Gasteiger partial charge < -0.3 is 24.2 Å². The van der Waals surface area contributed by atoms with Crippen molar-refractivity contribution in [3.8, 4) is 0 Å². The van der Waals surface area contributed by atoms with Gasteiger partial charge in [0.1, 0.15) is 12.7 Å². The Hall–Kier alpha value is -3.86. The Morgan fingerprint density at radius 1 is 0.382 bits per heavy atom. The van der Waals surface area contributed by atoms with Crippen molar-refractivity contribution in [1.82, 2.24) is 0 Å². The lowest BCUT2D eigenvalue weighted by Crippen LogP contribution is -2.30. The molecule has 12 heteroatoms. The zero-order chi connectivity index (χ0) is 55.5. The maximum atomic E-state index is 12.9. The van der Waals surface area contributed by atoms with Crippen LogP contribution in [0, 0.1) is 0 Å². The van der Waals surface area contributed by atoms with Gasteiger partial charge in [0, 0.05) is 19.3 Å². The smallest absolute Gasteiger partial charge is 0.462 e. The molecule has 11 nitrogen and oxygen atoms in total. The molecule has 2 N–H and O–H groups in total. The van der Waals surface area contributed by atoms with Crippen molar-refractivity contribution in [2.24, 2.45) is 0 Å². The van der Waals surface area contributed by atoms with E-state index in [1.165, 1.54) is 64.2 Å². The van der Waals surface area contributed by atoms with Crippen LogP contribution in [0.25, 0.3) is 0 Å². The number of esters is 3. The first-order valence-corrected chi connectivity index (χ1v) is 31.3. The number of phosphoric acid groups is 1. The van der Waals surface area contributed by atoms with E-state index in [0.29, 0.717) is 25.7 Å². The number of hydrogen-bond donors (Lipinski definition) is 2. The van der Waals surface area contributed by atoms with Crippen molar-refractivity contribution in [3.63, 3.8) is 0 Å². The van der Waals surface area contributed by atoms with Crippen molar-refractivity contribution in [2.75, 3.05) is 26.4 Å². The summed E-state index contributed by atoms with van der Waals surface area (Å²) in [6, 6.07) is 0. The molecular formula is C64H107O11P. The van der Waals surface area contributed by atoms with E-state index < -0.39 is 57.8 Å². The van der Waals surface area contributed by atoms with Gasteiger partial charge in [-0.25, -0.2) is 4.57 Å². The molecule has 0 aromatic rings. The van der Waals surface area contributed by atoms with Crippen molar-refractivity contribution in [1.29, 1.82) is 0 Å². The van der Waals surface area contributed by atoms with Crippen molar-refractivity contribution in [3.05, 3.63) is 109 Å². The van der Waals surface area contributed by atoms with Crippen LogP contribution in [-0.2, 0) is 42.2 Å². The molecule has 434 valence electrons. The number of hydrogen-bond acceptors (Lipinski definition) is 10. The third kappa shape index (κ3) is 54.9. The molecule has 0 aliphatic heterocycles. The highest BCUT2D eigenvalue weighted by Crippen LogP contribution is 2.43. The van der Waals surface area contributed by atoms with E-state index >= 15 is 0 Å². The molecule has 0 bridgehead atoms. The van der Waals surface area contributed by atoms with Gasteiger partial charge in [-0.05, 0) is 116 Å². The maximum Gasteiger partial charge on any atom is 0.472 e. The molecule has 0 aromatic heterocycles. The van der Waals surface area contributed by atoms with Gasteiger partial charge in [-0.15, -0.1) is 0 Å². The lowest BCUT2D eigenvalue weighted by atomic mass is 10.1. The molecule has 0 fully saturated rings. The second-order valence-corrected chi connectivity index (χ2v) is 20.8. The molecule has 0 aliphatic carbocycles. The molecule has 3 unspecified atom stereocenters. The second-order valence-electron chi connectivity index (χ2n) is 19.4. The van der Waals surface area contributed by atoms with Gasteiger partial charge in [0.25, 0.3) is 0 Å². The Morgan fingerprint density at radius 3 is 1.12 bits per heavy atom. The van der Waals surface area contributed by atoms with Gasteiger partial charge in [-0.1, -0.05) is 214 Å². The Bertz CT molecular complexity index is 1690. The summed E-state index contributed by atoms with van der Waals surface area (Å²) in [6.45, 7) is 4.33. The molecule has 0 spiro atoms. The average molecular weight is 1080 g/mol. The van der Waals surface area contributed by atoms with Crippen molar-refractivity contribution < 1.29 is 52.2 Å². The predicted octanol–water partition coefficient (Wildman–Crippen LogP) is 17.8. The fraction of sp³-hybridized carbons (Fsp3) is 0.672. The van der Waals surface area contributed by atoms with E-state index in [2.05, 4.69) is 118 Å². The SMILES string of the molecule is CC/C=C\C/C=C\C/C=C\C/C=C\C/C=C\CCCC(=O)OC(COC(=O)CCCCCCCCC/C=C\CCCCCCCC)COP(=O)(O)OCC(CO)OC(=O)CCCCCCC/C=C\C/C=C\C/C=C\CC. The van der Waals surface area contributed by atoms with E-state index in [4.69, 9.17) is 23.3 Å². The van der Waals surface area contributed by atoms with E-state index in [9.17, 15) is 28.9 Å². The van der Waals surface area contributed by atoms with Gasteiger partial charge in [-0.3, -0.25) is 23.4 Å². The van der Waals surface area contributed by atoms with E-state index in [1.807, 2.05) is 12.2 Å². The van der Waals surface area contributed by atoms with Gasteiger partial charge in [-0.2, -0.15) is 0 Å². The van der Waals surface area contributed by atoms with Crippen LogP contribution in [0.3, 0.4) is 0 Å². The normalized spacial score (nSPS) is 14.1. The maximum absolute atomic E-state index is 12.9. The molecule has 0 aliphatic rings. The Morgan fingerprint density at radius 2 is 0.697 bits per heavy atom. The van der Waals surface area contributed by atoms with Gasteiger partial charge in [0.2, 0.25) is 0 Å². The average Bonchev–Trinajstić information content (AvgIpc) is 3.41. The first-order valence-electron chi connectivity index (χ1n) is 29.8.